The lowest BCUT2D eigenvalue weighted by atomic mass is 10.1. The molecule has 1 fully saturated rings. The molecule has 0 aliphatic carbocycles. The van der Waals surface area contributed by atoms with Gasteiger partial charge in [0.25, 0.3) is 0 Å². The van der Waals surface area contributed by atoms with Gasteiger partial charge in [-0.05, 0) is 36.2 Å². The van der Waals surface area contributed by atoms with Crippen LogP contribution in [0.4, 0.5) is 0 Å². The zero-order valence-electron chi connectivity index (χ0n) is 17.0. The first kappa shape index (κ1) is 19.9. The van der Waals surface area contributed by atoms with Crippen molar-refractivity contribution in [3.8, 4) is 0 Å². The summed E-state index contributed by atoms with van der Waals surface area (Å²) in [5.41, 5.74) is 3.71. The zero-order chi connectivity index (χ0) is 20.8. The number of benzene rings is 2. The molecule has 2 heterocycles. The molecular formula is C21H26N4O3S. The molecule has 1 aromatic heterocycles. The van der Waals surface area contributed by atoms with Crippen LogP contribution in [0, 0.1) is 6.92 Å². The second kappa shape index (κ2) is 7.44. The third-order valence-electron chi connectivity index (χ3n) is 5.87. The van der Waals surface area contributed by atoms with E-state index in [1.807, 2.05) is 12.1 Å². The van der Waals surface area contributed by atoms with Gasteiger partial charge in [-0.15, -0.1) is 0 Å². The Labute approximate surface area is 170 Å². The molecule has 0 amide bonds. The Morgan fingerprint density at radius 3 is 2.24 bits per heavy atom. The van der Waals surface area contributed by atoms with Crippen LogP contribution in [0.15, 0.2) is 52.2 Å². The molecule has 29 heavy (non-hydrogen) atoms. The smallest absolute Gasteiger partial charge is 0.296 e. The SMILES string of the molecule is Cc1ccccc1CN1CCN(S(=O)(=O)c2ccc3c(c2)n(C)c(=O)n3C)CC1. The molecule has 2 aromatic carbocycles. The van der Waals surface area contributed by atoms with Gasteiger partial charge in [0.15, 0.2) is 0 Å². The van der Waals surface area contributed by atoms with E-state index in [0.29, 0.717) is 31.7 Å². The van der Waals surface area contributed by atoms with Crippen molar-refractivity contribution >= 4 is 21.1 Å². The van der Waals surface area contributed by atoms with E-state index in [1.165, 1.54) is 20.3 Å². The Kier molecular flexibility index (Phi) is 5.10. The summed E-state index contributed by atoms with van der Waals surface area (Å²) in [5, 5.41) is 0. The summed E-state index contributed by atoms with van der Waals surface area (Å²) in [6.07, 6.45) is 0. The number of hydrogen-bond acceptors (Lipinski definition) is 4. The topological polar surface area (TPSA) is 67.6 Å². The first-order chi connectivity index (χ1) is 13.8. The van der Waals surface area contributed by atoms with Crippen LogP contribution in [0.25, 0.3) is 11.0 Å². The van der Waals surface area contributed by atoms with Gasteiger partial charge in [0, 0.05) is 46.8 Å². The summed E-state index contributed by atoms with van der Waals surface area (Å²) in [6.45, 7) is 5.24. The van der Waals surface area contributed by atoms with Crippen LogP contribution in [0.1, 0.15) is 11.1 Å². The molecule has 0 atom stereocenters. The molecule has 0 unspecified atom stereocenters. The molecule has 4 rings (SSSR count). The van der Waals surface area contributed by atoms with E-state index < -0.39 is 10.0 Å². The van der Waals surface area contributed by atoms with Crippen LogP contribution < -0.4 is 5.69 Å². The molecule has 8 heteroatoms. The number of fused-ring (bicyclic) bond motifs is 1. The summed E-state index contributed by atoms with van der Waals surface area (Å²) >= 11 is 0. The summed E-state index contributed by atoms with van der Waals surface area (Å²) < 4.78 is 30.9. The van der Waals surface area contributed by atoms with Crippen LogP contribution in [-0.2, 0) is 30.7 Å². The zero-order valence-corrected chi connectivity index (χ0v) is 17.8. The van der Waals surface area contributed by atoms with Crippen LogP contribution >= 0.6 is 0 Å². The standard InChI is InChI=1S/C21H26N4O3S/c1-16-6-4-5-7-17(16)15-24-10-12-25(13-11-24)29(27,28)18-8-9-19-20(14-18)23(3)21(26)22(19)2/h4-9,14H,10-13,15H2,1-3H3. The van der Waals surface area contributed by atoms with Crippen molar-refractivity contribution in [3.63, 3.8) is 0 Å². The average molecular weight is 415 g/mol. The quantitative estimate of drug-likeness (QED) is 0.652. The highest BCUT2D eigenvalue weighted by atomic mass is 32.2. The highest BCUT2D eigenvalue weighted by Crippen LogP contribution is 2.23. The van der Waals surface area contributed by atoms with Gasteiger partial charge in [0.1, 0.15) is 0 Å². The van der Waals surface area contributed by atoms with Crippen molar-refractivity contribution in [2.24, 2.45) is 14.1 Å². The first-order valence-corrected chi connectivity index (χ1v) is 11.2. The number of imidazole rings is 1. The lowest BCUT2D eigenvalue weighted by Crippen LogP contribution is -2.48. The predicted octanol–water partition coefficient (Wildman–Crippen LogP) is 1.69. The maximum absolute atomic E-state index is 13.2. The fraction of sp³-hybridized carbons (Fsp3) is 0.381. The first-order valence-electron chi connectivity index (χ1n) is 9.71. The van der Waals surface area contributed by atoms with E-state index in [9.17, 15) is 13.2 Å². The van der Waals surface area contributed by atoms with E-state index in [0.717, 1.165) is 12.1 Å². The maximum Gasteiger partial charge on any atom is 0.328 e. The van der Waals surface area contributed by atoms with Crippen molar-refractivity contribution in [2.45, 2.75) is 18.4 Å². The predicted molar refractivity (Wildman–Crippen MR) is 113 cm³/mol. The third-order valence-corrected chi connectivity index (χ3v) is 7.76. The van der Waals surface area contributed by atoms with Gasteiger partial charge in [-0.2, -0.15) is 4.31 Å². The summed E-state index contributed by atoms with van der Waals surface area (Å²) in [5.74, 6) is 0. The molecular weight excluding hydrogens is 388 g/mol. The van der Waals surface area contributed by atoms with Gasteiger partial charge < -0.3 is 0 Å². The number of rotatable bonds is 4. The molecule has 0 radical (unpaired) electrons. The van der Waals surface area contributed by atoms with Gasteiger partial charge in [-0.25, -0.2) is 13.2 Å². The fourth-order valence-corrected chi connectivity index (χ4v) is 5.40. The van der Waals surface area contributed by atoms with E-state index in [1.54, 1.807) is 36.6 Å². The van der Waals surface area contributed by atoms with E-state index in [2.05, 4.69) is 24.0 Å². The van der Waals surface area contributed by atoms with E-state index >= 15 is 0 Å². The molecule has 1 aliphatic rings. The monoisotopic (exact) mass is 414 g/mol. The minimum Gasteiger partial charge on any atom is -0.296 e. The molecule has 3 aromatic rings. The number of hydrogen-bond donors (Lipinski definition) is 0. The largest absolute Gasteiger partial charge is 0.328 e. The van der Waals surface area contributed by atoms with Gasteiger partial charge in [0.05, 0.1) is 15.9 Å². The summed E-state index contributed by atoms with van der Waals surface area (Å²) in [4.78, 5) is 14.6. The minimum absolute atomic E-state index is 0.167. The fourth-order valence-electron chi connectivity index (χ4n) is 3.95. The van der Waals surface area contributed by atoms with Gasteiger partial charge in [-0.1, -0.05) is 24.3 Å². The Bertz CT molecular complexity index is 1220. The molecule has 1 aliphatic heterocycles. The minimum atomic E-state index is -3.60. The molecule has 7 nitrogen and oxygen atoms in total. The highest BCUT2D eigenvalue weighted by Gasteiger charge is 2.29. The van der Waals surface area contributed by atoms with Gasteiger partial charge in [0.2, 0.25) is 10.0 Å². The normalized spacial score (nSPS) is 16.5. The number of aryl methyl sites for hydroxylation is 3. The van der Waals surface area contributed by atoms with Crippen molar-refractivity contribution in [2.75, 3.05) is 26.2 Å². The summed E-state index contributed by atoms with van der Waals surface area (Å²) in [7, 11) is -0.251. The molecule has 1 saturated heterocycles. The number of aromatic nitrogens is 2. The van der Waals surface area contributed by atoms with Crippen molar-refractivity contribution in [1.29, 1.82) is 0 Å². The summed E-state index contributed by atoms with van der Waals surface area (Å²) in [6, 6.07) is 13.2. The molecule has 0 saturated carbocycles. The Balaban J connectivity index is 1.52. The highest BCUT2D eigenvalue weighted by molar-refractivity contribution is 7.89. The van der Waals surface area contributed by atoms with Crippen LogP contribution in [0.2, 0.25) is 0 Å². The van der Waals surface area contributed by atoms with Crippen molar-refractivity contribution < 1.29 is 8.42 Å². The Morgan fingerprint density at radius 1 is 0.897 bits per heavy atom. The van der Waals surface area contributed by atoms with Crippen LogP contribution in [0.5, 0.6) is 0 Å². The lowest BCUT2D eigenvalue weighted by Gasteiger charge is -2.34. The average Bonchev–Trinajstić information content (AvgIpc) is 2.94. The molecule has 0 N–H and O–H groups in total. The van der Waals surface area contributed by atoms with Crippen LogP contribution in [-0.4, -0.2) is 52.9 Å². The third kappa shape index (κ3) is 3.52. The Hall–Kier alpha value is -2.42. The maximum atomic E-state index is 13.2. The number of piperazine rings is 1. The van der Waals surface area contributed by atoms with Gasteiger partial charge >= 0.3 is 5.69 Å². The van der Waals surface area contributed by atoms with E-state index in [-0.39, 0.29) is 10.6 Å². The van der Waals surface area contributed by atoms with Crippen molar-refractivity contribution in [1.82, 2.24) is 18.3 Å². The number of nitrogens with zero attached hydrogens (tertiary/aromatic N) is 4. The molecule has 0 bridgehead atoms. The molecule has 0 spiro atoms. The second-order valence-corrected chi connectivity index (χ2v) is 9.60. The molecule has 154 valence electrons. The Morgan fingerprint density at radius 2 is 1.55 bits per heavy atom. The van der Waals surface area contributed by atoms with E-state index in [4.69, 9.17) is 0 Å². The number of sulfonamides is 1. The van der Waals surface area contributed by atoms with Crippen molar-refractivity contribution in [3.05, 3.63) is 64.1 Å². The van der Waals surface area contributed by atoms with Gasteiger partial charge in [-0.3, -0.25) is 14.0 Å². The lowest BCUT2D eigenvalue weighted by molar-refractivity contribution is 0.181. The van der Waals surface area contributed by atoms with Crippen LogP contribution in [0.3, 0.4) is 0 Å². The second-order valence-electron chi connectivity index (χ2n) is 7.66.